The molecule has 2 heterocycles. The van der Waals surface area contributed by atoms with Crippen molar-refractivity contribution < 1.29 is 24.2 Å². The number of hydrogen-bond acceptors (Lipinski definition) is 6. The molecule has 0 radical (unpaired) electrons. The van der Waals surface area contributed by atoms with Crippen LogP contribution in [0.2, 0.25) is 0 Å². The highest BCUT2D eigenvalue weighted by molar-refractivity contribution is 6.46. The van der Waals surface area contributed by atoms with Gasteiger partial charge in [-0.3, -0.25) is 9.59 Å². The Balaban J connectivity index is 1.78. The fourth-order valence-electron chi connectivity index (χ4n) is 4.32. The van der Waals surface area contributed by atoms with Gasteiger partial charge in [-0.2, -0.15) is 0 Å². The lowest BCUT2D eigenvalue weighted by Gasteiger charge is -2.28. The van der Waals surface area contributed by atoms with Crippen molar-refractivity contribution in [1.82, 2.24) is 4.90 Å². The van der Waals surface area contributed by atoms with Gasteiger partial charge in [0.1, 0.15) is 23.9 Å². The number of Topliss-reactive ketones (excluding diaryl/α,β-unsaturated/α-hetero) is 1. The van der Waals surface area contributed by atoms with Crippen LogP contribution in [0, 0.1) is 0 Å². The van der Waals surface area contributed by atoms with E-state index in [-0.39, 0.29) is 11.3 Å². The lowest BCUT2D eigenvalue weighted by molar-refractivity contribution is -0.139. The van der Waals surface area contributed by atoms with E-state index in [9.17, 15) is 14.7 Å². The number of carbonyl (C=O) groups is 2. The molecule has 0 saturated carbocycles. The molecule has 2 aliphatic rings. The van der Waals surface area contributed by atoms with Crippen LogP contribution in [0.3, 0.4) is 0 Å². The number of hydrogen-bond donors (Lipinski definition) is 1. The normalized spacial score (nSPS) is 19.4. The van der Waals surface area contributed by atoms with E-state index in [1.54, 1.807) is 23.1 Å². The molecule has 33 heavy (non-hydrogen) atoms. The molecule has 0 aromatic heterocycles. The Kier molecular flexibility index (Phi) is 6.58. The maximum Gasteiger partial charge on any atom is 0.295 e. The molecule has 2 aliphatic heterocycles. The van der Waals surface area contributed by atoms with E-state index in [1.165, 1.54) is 0 Å². The molecule has 1 atom stereocenters. The number of benzene rings is 2. The van der Waals surface area contributed by atoms with Gasteiger partial charge < -0.3 is 24.4 Å². The molecule has 7 nitrogen and oxygen atoms in total. The monoisotopic (exact) mass is 450 g/mol. The summed E-state index contributed by atoms with van der Waals surface area (Å²) in [5, 5.41) is 11.3. The highest BCUT2D eigenvalue weighted by Crippen LogP contribution is 2.41. The highest BCUT2D eigenvalue weighted by atomic mass is 16.5. The third-order valence-corrected chi connectivity index (χ3v) is 6.00. The molecular weight excluding hydrogens is 420 g/mol. The van der Waals surface area contributed by atoms with E-state index in [2.05, 4.69) is 0 Å². The van der Waals surface area contributed by atoms with Crippen molar-refractivity contribution in [3.8, 4) is 11.5 Å². The van der Waals surface area contributed by atoms with Crippen molar-refractivity contribution in [2.45, 2.75) is 32.7 Å². The topological polar surface area (TPSA) is 79.3 Å². The molecule has 1 amide bonds. The Bertz CT molecular complexity index is 1080. The molecule has 0 aliphatic carbocycles. The van der Waals surface area contributed by atoms with E-state index < -0.39 is 17.7 Å². The number of ether oxygens (including phenoxy) is 2. The Labute approximate surface area is 194 Å². The number of amides is 1. The van der Waals surface area contributed by atoms with Crippen LogP contribution in [0.5, 0.6) is 11.5 Å². The minimum absolute atomic E-state index is 0.106. The number of aliphatic hydroxyl groups excluding tert-OH is 1. The van der Waals surface area contributed by atoms with Gasteiger partial charge in [0.25, 0.3) is 11.7 Å². The molecule has 2 aromatic carbocycles. The van der Waals surface area contributed by atoms with Crippen LogP contribution >= 0.6 is 0 Å². The van der Waals surface area contributed by atoms with Crippen molar-refractivity contribution in [1.29, 1.82) is 0 Å². The lowest BCUT2D eigenvalue weighted by atomic mass is 9.95. The van der Waals surface area contributed by atoms with Gasteiger partial charge in [-0.1, -0.05) is 26.0 Å². The Morgan fingerprint density at radius 3 is 2.58 bits per heavy atom. The first-order valence-corrected chi connectivity index (χ1v) is 11.5. The summed E-state index contributed by atoms with van der Waals surface area (Å²) >= 11 is 0. The first-order chi connectivity index (χ1) is 16.0. The molecular formula is C26H30N2O5. The van der Waals surface area contributed by atoms with E-state index in [1.807, 2.05) is 50.1 Å². The van der Waals surface area contributed by atoms with E-state index in [0.717, 1.165) is 35.7 Å². The maximum absolute atomic E-state index is 13.1. The molecule has 174 valence electrons. The average Bonchev–Trinajstić information content (AvgIpc) is 3.08. The number of ketones is 1. The average molecular weight is 451 g/mol. The van der Waals surface area contributed by atoms with Crippen molar-refractivity contribution in [3.05, 3.63) is 59.2 Å². The van der Waals surface area contributed by atoms with Gasteiger partial charge in [0.05, 0.1) is 30.5 Å². The van der Waals surface area contributed by atoms with Gasteiger partial charge in [-0.15, -0.1) is 0 Å². The fraction of sp³-hybridized carbons (Fsp3) is 0.385. The van der Waals surface area contributed by atoms with Crippen molar-refractivity contribution >= 4 is 23.1 Å². The minimum Gasteiger partial charge on any atom is -0.507 e. The third-order valence-electron chi connectivity index (χ3n) is 6.00. The van der Waals surface area contributed by atoms with Gasteiger partial charge >= 0.3 is 0 Å². The molecule has 1 saturated heterocycles. The second kappa shape index (κ2) is 9.57. The van der Waals surface area contributed by atoms with E-state index in [4.69, 9.17) is 9.47 Å². The summed E-state index contributed by atoms with van der Waals surface area (Å²) in [6.07, 6.45) is 1.60. The van der Waals surface area contributed by atoms with E-state index >= 15 is 0 Å². The number of nitrogens with zero attached hydrogens (tertiary/aromatic N) is 2. The molecule has 0 bridgehead atoms. The summed E-state index contributed by atoms with van der Waals surface area (Å²) in [5.41, 5.74) is 2.18. The number of carbonyl (C=O) groups excluding carboxylic acids is 2. The van der Waals surface area contributed by atoms with Crippen LogP contribution in [0.1, 0.15) is 43.9 Å². The second-order valence-corrected chi connectivity index (χ2v) is 8.36. The van der Waals surface area contributed by atoms with Gasteiger partial charge in [-0.25, -0.2) is 0 Å². The number of likely N-dealkylation sites (tertiary alicyclic amines) is 1. The smallest absolute Gasteiger partial charge is 0.295 e. The standard InChI is InChI=1S/C26H30N2O5/c1-4-12-28-23(17-6-9-19(10-7-17)32-14-5-2)22(25(30)26(28)31)24(29)18-8-11-21-20(16-18)27(3)13-15-33-21/h6-11,16,23,29H,4-5,12-15H2,1-3H3/b24-22-. The number of rotatable bonds is 7. The van der Waals surface area contributed by atoms with Crippen LogP contribution < -0.4 is 14.4 Å². The first kappa shape index (κ1) is 22.7. The zero-order valence-corrected chi connectivity index (χ0v) is 19.3. The molecule has 4 rings (SSSR count). The largest absolute Gasteiger partial charge is 0.507 e. The molecule has 1 N–H and O–H groups in total. The Morgan fingerprint density at radius 2 is 1.88 bits per heavy atom. The van der Waals surface area contributed by atoms with Crippen molar-refractivity contribution in [3.63, 3.8) is 0 Å². The van der Waals surface area contributed by atoms with Gasteiger partial charge in [0.15, 0.2) is 0 Å². The highest BCUT2D eigenvalue weighted by Gasteiger charge is 2.45. The first-order valence-electron chi connectivity index (χ1n) is 11.5. The molecule has 1 fully saturated rings. The van der Waals surface area contributed by atoms with E-state index in [0.29, 0.717) is 31.7 Å². The molecule has 1 unspecified atom stereocenters. The summed E-state index contributed by atoms with van der Waals surface area (Å²) in [5.74, 6) is 0.0226. The van der Waals surface area contributed by atoms with Crippen molar-refractivity contribution in [2.75, 3.05) is 38.3 Å². The predicted octanol–water partition coefficient (Wildman–Crippen LogP) is 4.14. The van der Waals surface area contributed by atoms with Crippen LogP contribution in [0.25, 0.3) is 5.76 Å². The van der Waals surface area contributed by atoms with Crippen LogP contribution in [0.4, 0.5) is 5.69 Å². The molecule has 0 spiro atoms. The number of anilines is 1. The number of likely N-dealkylation sites (N-methyl/N-ethyl adjacent to an activating group) is 1. The zero-order chi connectivity index (χ0) is 23.5. The maximum atomic E-state index is 13.1. The second-order valence-electron chi connectivity index (χ2n) is 8.36. The minimum atomic E-state index is -0.667. The zero-order valence-electron chi connectivity index (χ0n) is 19.3. The third kappa shape index (κ3) is 4.27. The Hall–Kier alpha value is -3.48. The van der Waals surface area contributed by atoms with Crippen LogP contribution in [0.15, 0.2) is 48.0 Å². The predicted molar refractivity (Wildman–Crippen MR) is 127 cm³/mol. The van der Waals surface area contributed by atoms with Gasteiger partial charge in [0, 0.05) is 19.2 Å². The summed E-state index contributed by atoms with van der Waals surface area (Å²) < 4.78 is 11.4. The summed E-state index contributed by atoms with van der Waals surface area (Å²) in [7, 11) is 1.95. The van der Waals surface area contributed by atoms with Gasteiger partial charge in [-0.05, 0) is 48.7 Å². The van der Waals surface area contributed by atoms with Gasteiger partial charge in [0.2, 0.25) is 0 Å². The van der Waals surface area contributed by atoms with Crippen LogP contribution in [-0.2, 0) is 9.59 Å². The number of fused-ring (bicyclic) bond motifs is 1. The van der Waals surface area contributed by atoms with Crippen molar-refractivity contribution in [2.24, 2.45) is 0 Å². The SMILES string of the molecule is CCCOc1ccc(C2/C(=C(/O)c3ccc4c(c3)N(C)CCO4)C(=O)C(=O)N2CCC)cc1. The van der Waals surface area contributed by atoms with Crippen LogP contribution in [-0.4, -0.2) is 55.0 Å². The Morgan fingerprint density at radius 1 is 1.12 bits per heavy atom. The molecule has 7 heteroatoms. The summed E-state index contributed by atoms with van der Waals surface area (Å²) in [4.78, 5) is 29.6. The number of aliphatic hydroxyl groups is 1. The lowest BCUT2D eigenvalue weighted by Crippen LogP contribution is -2.30. The summed E-state index contributed by atoms with van der Waals surface area (Å²) in [6, 6.07) is 12.0. The quantitative estimate of drug-likeness (QED) is 0.388. The summed E-state index contributed by atoms with van der Waals surface area (Å²) in [6.45, 7) is 6.35. The fourth-order valence-corrected chi connectivity index (χ4v) is 4.32. The molecule has 2 aromatic rings.